The molecule has 0 fully saturated rings. The monoisotopic (exact) mass is 509 g/mol. The van der Waals surface area contributed by atoms with Crippen molar-refractivity contribution < 1.29 is 22.6 Å². The molecule has 3 N–H and O–H groups in total. The van der Waals surface area contributed by atoms with E-state index in [1.54, 1.807) is 31.4 Å². The molecule has 0 amide bonds. The molecule has 3 aliphatic rings. The van der Waals surface area contributed by atoms with E-state index in [4.69, 9.17) is 20.6 Å². The second-order valence-electron chi connectivity index (χ2n) is 10.1. The Balaban J connectivity index is 2.01. The number of alkyl halides is 3. The number of allylic oxidation sites excluding steroid dienone is 7. The van der Waals surface area contributed by atoms with Crippen LogP contribution < -0.4 is 10.5 Å². The zero-order valence-corrected chi connectivity index (χ0v) is 21.3. The number of ether oxygens (including phenoxy) is 2. The molecule has 0 atom stereocenters. The first-order valence-corrected chi connectivity index (χ1v) is 12.0. The normalized spacial score (nSPS) is 17.2. The molecule has 1 aliphatic heterocycles. The Labute approximate surface area is 214 Å². The van der Waals surface area contributed by atoms with E-state index in [2.05, 4.69) is 25.8 Å². The van der Waals surface area contributed by atoms with Crippen LogP contribution in [0.5, 0.6) is 5.75 Å². The second-order valence-corrected chi connectivity index (χ2v) is 10.1. The summed E-state index contributed by atoms with van der Waals surface area (Å²) in [7, 11) is 1.60. The quantitative estimate of drug-likeness (QED) is 0.458. The predicted molar refractivity (Wildman–Crippen MR) is 140 cm³/mol. The van der Waals surface area contributed by atoms with Crippen LogP contribution >= 0.6 is 0 Å². The van der Waals surface area contributed by atoms with Gasteiger partial charge in [-0.25, -0.2) is 4.99 Å². The second kappa shape index (κ2) is 9.92. The number of nitrogens with zero attached hydrogens (tertiary/aromatic N) is 1. The smallest absolute Gasteiger partial charge is 0.416 e. The molecule has 0 saturated carbocycles. The third-order valence-electron chi connectivity index (χ3n) is 6.35. The third kappa shape index (κ3) is 5.79. The van der Waals surface area contributed by atoms with Gasteiger partial charge in [0.2, 0.25) is 0 Å². The highest BCUT2D eigenvalue weighted by Crippen LogP contribution is 2.39. The van der Waals surface area contributed by atoms with E-state index in [1.807, 2.05) is 18.2 Å². The number of halogens is 3. The van der Waals surface area contributed by atoms with Gasteiger partial charge in [0.1, 0.15) is 17.3 Å². The van der Waals surface area contributed by atoms with Crippen LogP contribution in [-0.2, 0) is 10.2 Å². The molecule has 0 spiro atoms. The van der Waals surface area contributed by atoms with Crippen molar-refractivity contribution in [3.05, 3.63) is 94.0 Å². The molecule has 0 bridgehead atoms. The standard InChI is InChI=1S/C29H30F3N3O2/c1-28(2,3)18-7-5-10-23-25(27(34)35-26(23)33)24(17-11-12-19(13-17)29(30,31)32)16-22(14-18)37-21-9-6-8-20(15-21)36-4/h5,7,9-10,12-16H,6,8,11H2,1-4H3,(H3,33,34,35). The van der Waals surface area contributed by atoms with Crippen molar-refractivity contribution >= 4 is 17.2 Å². The topological polar surface area (TPSA) is 80.7 Å². The lowest BCUT2D eigenvalue weighted by Gasteiger charge is -2.20. The van der Waals surface area contributed by atoms with E-state index < -0.39 is 11.7 Å². The molecule has 37 heavy (non-hydrogen) atoms. The number of methoxy groups -OCH3 is 1. The van der Waals surface area contributed by atoms with Gasteiger partial charge < -0.3 is 15.2 Å². The molecule has 1 aromatic carbocycles. The van der Waals surface area contributed by atoms with E-state index in [0.29, 0.717) is 33.8 Å². The Bertz CT molecular complexity index is 1360. The Hall–Kier alpha value is -3.81. The molecular formula is C29H30F3N3O2. The number of fused-ring (bicyclic) bond motifs is 1. The lowest BCUT2D eigenvalue weighted by molar-refractivity contribution is -0.0880. The fraction of sp³-hybridized carbons (Fsp3) is 0.310. The minimum Gasteiger partial charge on any atom is -0.501 e. The zero-order chi connectivity index (χ0) is 27.0. The van der Waals surface area contributed by atoms with E-state index in [1.165, 1.54) is 0 Å². The van der Waals surface area contributed by atoms with Crippen LogP contribution in [0.1, 0.15) is 62.3 Å². The van der Waals surface area contributed by atoms with E-state index in [-0.39, 0.29) is 23.5 Å². The van der Waals surface area contributed by atoms with Gasteiger partial charge in [-0.05, 0) is 59.2 Å². The summed E-state index contributed by atoms with van der Waals surface area (Å²) in [5.41, 5.74) is 7.88. The summed E-state index contributed by atoms with van der Waals surface area (Å²) in [5.74, 6) is 1.81. The van der Waals surface area contributed by atoms with Gasteiger partial charge in [-0.3, -0.25) is 5.41 Å². The van der Waals surface area contributed by atoms with Crippen LogP contribution in [-0.4, -0.2) is 25.0 Å². The summed E-state index contributed by atoms with van der Waals surface area (Å²) in [4.78, 5) is 4.12. The Morgan fingerprint density at radius 2 is 1.78 bits per heavy atom. The fourth-order valence-electron chi connectivity index (χ4n) is 4.35. The van der Waals surface area contributed by atoms with Gasteiger partial charge in [0.15, 0.2) is 5.84 Å². The van der Waals surface area contributed by atoms with Crippen molar-refractivity contribution in [3.8, 4) is 5.75 Å². The first kappa shape index (κ1) is 26.3. The Morgan fingerprint density at radius 1 is 1.03 bits per heavy atom. The van der Waals surface area contributed by atoms with Crippen molar-refractivity contribution in [2.24, 2.45) is 10.7 Å². The SMILES string of the molecule is COC1=CC(Oc2cc(C(C)(C)C)cccc3c(c(C4=CC(C(F)(F)F)=CC4)c2)C(N)=NC3=N)=CCC1. The molecule has 5 nitrogen and oxygen atoms in total. The first-order chi connectivity index (χ1) is 17.4. The average molecular weight is 510 g/mol. The van der Waals surface area contributed by atoms with E-state index in [9.17, 15) is 13.2 Å². The molecule has 0 unspecified atom stereocenters. The van der Waals surface area contributed by atoms with Gasteiger partial charge in [0, 0.05) is 23.6 Å². The molecular weight excluding hydrogens is 479 g/mol. The van der Waals surface area contributed by atoms with Crippen LogP contribution in [0, 0.1) is 5.41 Å². The molecule has 2 aliphatic carbocycles. The molecule has 8 heteroatoms. The van der Waals surface area contributed by atoms with Gasteiger partial charge in [-0.2, -0.15) is 13.2 Å². The van der Waals surface area contributed by atoms with Crippen molar-refractivity contribution in [1.82, 2.24) is 0 Å². The number of rotatable bonds is 4. The molecule has 4 rings (SSSR count). The number of hydrogen-bond acceptors (Lipinski definition) is 4. The lowest BCUT2D eigenvalue weighted by atomic mass is 9.87. The molecule has 0 radical (unpaired) electrons. The maximum absolute atomic E-state index is 13.5. The number of hydrogen-bond donors (Lipinski definition) is 2. The Kier molecular flexibility index (Phi) is 7.04. The van der Waals surface area contributed by atoms with Crippen molar-refractivity contribution in [3.63, 3.8) is 0 Å². The first-order valence-electron chi connectivity index (χ1n) is 12.0. The summed E-state index contributed by atoms with van der Waals surface area (Å²) in [6.07, 6.45) is 3.12. The predicted octanol–water partition coefficient (Wildman–Crippen LogP) is 7.02. The summed E-state index contributed by atoms with van der Waals surface area (Å²) in [5, 5.41) is 8.36. The fourth-order valence-corrected chi connectivity index (χ4v) is 4.35. The molecule has 0 saturated heterocycles. The highest BCUT2D eigenvalue weighted by Gasteiger charge is 2.35. The minimum absolute atomic E-state index is 0.0439. The van der Waals surface area contributed by atoms with Gasteiger partial charge in [0.05, 0.1) is 18.4 Å². The number of nitrogens with two attached hydrogens (primary N) is 1. The van der Waals surface area contributed by atoms with Gasteiger partial charge in [-0.15, -0.1) is 0 Å². The highest BCUT2D eigenvalue weighted by atomic mass is 19.4. The van der Waals surface area contributed by atoms with Crippen LogP contribution in [0.15, 0.2) is 76.7 Å². The summed E-state index contributed by atoms with van der Waals surface area (Å²) < 4.78 is 52.2. The molecule has 1 aromatic rings. The van der Waals surface area contributed by atoms with Crippen LogP contribution in [0.3, 0.4) is 0 Å². The van der Waals surface area contributed by atoms with Crippen LogP contribution in [0.2, 0.25) is 0 Å². The van der Waals surface area contributed by atoms with E-state index in [0.717, 1.165) is 36.3 Å². The molecule has 194 valence electrons. The third-order valence-corrected chi connectivity index (χ3v) is 6.35. The lowest BCUT2D eigenvalue weighted by Crippen LogP contribution is -2.13. The van der Waals surface area contributed by atoms with Crippen molar-refractivity contribution in [1.29, 1.82) is 5.41 Å². The van der Waals surface area contributed by atoms with Gasteiger partial charge >= 0.3 is 6.18 Å². The van der Waals surface area contributed by atoms with Gasteiger partial charge in [0.25, 0.3) is 0 Å². The van der Waals surface area contributed by atoms with Gasteiger partial charge in [-0.1, -0.05) is 45.0 Å². The number of nitrogens with one attached hydrogen (secondary N) is 1. The van der Waals surface area contributed by atoms with E-state index >= 15 is 0 Å². The summed E-state index contributed by atoms with van der Waals surface area (Å²) in [6.45, 7) is 6.17. The average Bonchev–Trinajstić information content (AvgIpc) is 3.41. The highest BCUT2D eigenvalue weighted by molar-refractivity contribution is 6.22. The van der Waals surface area contributed by atoms with Crippen molar-refractivity contribution in [2.75, 3.05) is 7.11 Å². The van der Waals surface area contributed by atoms with Crippen molar-refractivity contribution in [2.45, 2.75) is 51.6 Å². The maximum Gasteiger partial charge on any atom is 0.416 e. The summed E-state index contributed by atoms with van der Waals surface area (Å²) >= 11 is 0. The van der Waals surface area contributed by atoms with Crippen LogP contribution in [0.4, 0.5) is 13.2 Å². The Morgan fingerprint density at radius 3 is 2.43 bits per heavy atom. The van der Waals surface area contributed by atoms with Crippen LogP contribution in [0.25, 0.3) is 5.57 Å². The summed E-state index contributed by atoms with van der Waals surface area (Å²) in [6, 6.07) is 9.04. The minimum atomic E-state index is -4.47. The zero-order valence-electron chi connectivity index (χ0n) is 21.3. The maximum atomic E-state index is 13.5. The molecule has 1 heterocycles. The molecule has 0 aromatic heterocycles. The largest absolute Gasteiger partial charge is 0.501 e. The number of amidine groups is 2. The number of aliphatic imine (C=N–C) groups is 1.